The van der Waals surface area contributed by atoms with Crippen LogP contribution < -0.4 is 21.2 Å². The molecule has 104 valence electrons. The summed E-state index contributed by atoms with van der Waals surface area (Å²) in [6.07, 6.45) is 1.28. The highest BCUT2D eigenvalue weighted by Gasteiger charge is 2.39. The number of nitrogens with two attached hydrogens (primary N) is 2. The molecule has 0 aromatic heterocycles. The molecule has 1 amide bonds. The van der Waals surface area contributed by atoms with Crippen LogP contribution >= 0.6 is 0 Å². The van der Waals surface area contributed by atoms with Crippen LogP contribution in [-0.4, -0.2) is 11.5 Å². The van der Waals surface area contributed by atoms with Crippen molar-refractivity contribution in [3.8, 4) is 11.5 Å². The van der Waals surface area contributed by atoms with Gasteiger partial charge in [-0.15, -0.1) is 0 Å². The van der Waals surface area contributed by atoms with E-state index in [1.165, 1.54) is 0 Å². The van der Waals surface area contributed by atoms with E-state index in [4.69, 9.17) is 21.2 Å². The van der Waals surface area contributed by atoms with Crippen LogP contribution in [0.2, 0.25) is 0 Å². The molecule has 1 aliphatic heterocycles. The number of amides is 1. The molecule has 1 unspecified atom stereocenters. The van der Waals surface area contributed by atoms with Crippen LogP contribution in [0.5, 0.6) is 11.5 Å². The average Bonchev–Trinajstić information content (AvgIpc) is 2.36. The maximum atomic E-state index is 11.5. The maximum absolute atomic E-state index is 11.5. The lowest BCUT2D eigenvalue weighted by Crippen LogP contribution is -2.48. The van der Waals surface area contributed by atoms with Crippen molar-refractivity contribution in [1.82, 2.24) is 0 Å². The van der Waals surface area contributed by atoms with Gasteiger partial charge in [0, 0.05) is 23.1 Å². The summed E-state index contributed by atoms with van der Waals surface area (Å²) in [5.41, 5.74) is 8.36. The zero-order valence-corrected chi connectivity index (χ0v) is 11.8. The van der Waals surface area contributed by atoms with E-state index in [9.17, 15) is 4.79 Å². The van der Waals surface area contributed by atoms with Gasteiger partial charge in [0.15, 0.2) is 11.4 Å². The first kappa shape index (κ1) is 13.7. The molecule has 0 spiro atoms. The Morgan fingerprint density at radius 3 is 2.42 bits per heavy atom. The van der Waals surface area contributed by atoms with Gasteiger partial charge in [-0.1, -0.05) is 0 Å². The molecule has 5 nitrogen and oxygen atoms in total. The third-order valence-electron chi connectivity index (χ3n) is 4.13. The average molecular weight is 264 g/mol. The number of rotatable bonds is 2. The van der Waals surface area contributed by atoms with Crippen molar-refractivity contribution in [2.75, 3.05) is 0 Å². The smallest absolute Gasteiger partial charge is 0.261 e. The molecule has 0 radical (unpaired) electrons. The lowest BCUT2D eigenvalue weighted by Gasteiger charge is -2.35. The first-order chi connectivity index (χ1) is 8.81. The SMILES string of the molecule is Cc1c(C)c2c(c(C)c1ON)CCC(C)(C(N)=O)O2. The van der Waals surface area contributed by atoms with Crippen LogP contribution in [0.15, 0.2) is 0 Å². The summed E-state index contributed by atoms with van der Waals surface area (Å²) in [5, 5.41) is 0. The van der Waals surface area contributed by atoms with Gasteiger partial charge in [-0.2, -0.15) is 5.90 Å². The first-order valence-electron chi connectivity index (χ1n) is 6.30. The summed E-state index contributed by atoms with van der Waals surface area (Å²) in [6, 6.07) is 0. The van der Waals surface area contributed by atoms with E-state index in [0.29, 0.717) is 12.2 Å². The third-order valence-corrected chi connectivity index (χ3v) is 4.13. The first-order valence-corrected chi connectivity index (χ1v) is 6.30. The molecule has 19 heavy (non-hydrogen) atoms. The van der Waals surface area contributed by atoms with E-state index in [2.05, 4.69) is 0 Å². The van der Waals surface area contributed by atoms with E-state index < -0.39 is 11.5 Å². The summed E-state index contributed by atoms with van der Waals surface area (Å²) in [5.74, 6) is 6.32. The van der Waals surface area contributed by atoms with Crippen molar-refractivity contribution in [3.05, 3.63) is 22.3 Å². The van der Waals surface area contributed by atoms with Crippen LogP contribution in [0.1, 0.15) is 35.6 Å². The number of benzene rings is 1. The Morgan fingerprint density at radius 2 is 1.89 bits per heavy atom. The van der Waals surface area contributed by atoms with Gasteiger partial charge in [0.05, 0.1) is 0 Å². The lowest BCUT2D eigenvalue weighted by atomic mass is 9.87. The zero-order chi connectivity index (χ0) is 14.4. The second-order valence-electron chi connectivity index (χ2n) is 5.33. The Hall–Kier alpha value is -1.75. The molecule has 1 aliphatic rings. The molecule has 0 fully saturated rings. The van der Waals surface area contributed by atoms with Crippen LogP contribution in [0.3, 0.4) is 0 Å². The van der Waals surface area contributed by atoms with Crippen molar-refractivity contribution < 1.29 is 14.4 Å². The Balaban J connectivity index is 2.61. The monoisotopic (exact) mass is 264 g/mol. The third kappa shape index (κ3) is 1.94. The summed E-state index contributed by atoms with van der Waals surface area (Å²) >= 11 is 0. The van der Waals surface area contributed by atoms with Crippen molar-refractivity contribution in [3.63, 3.8) is 0 Å². The molecule has 1 heterocycles. The normalized spacial score (nSPS) is 21.5. The quantitative estimate of drug-likeness (QED) is 0.791. The van der Waals surface area contributed by atoms with Crippen LogP contribution in [-0.2, 0) is 11.2 Å². The summed E-state index contributed by atoms with van der Waals surface area (Å²) in [6.45, 7) is 7.53. The fourth-order valence-corrected chi connectivity index (χ4v) is 2.58. The lowest BCUT2D eigenvalue weighted by molar-refractivity contribution is -0.133. The summed E-state index contributed by atoms with van der Waals surface area (Å²) in [7, 11) is 0. The molecule has 0 saturated heterocycles. The fraction of sp³-hybridized carbons (Fsp3) is 0.500. The Labute approximate surface area is 112 Å². The second kappa shape index (κ2) is 4.42. The molecule has 5 heteroatoms. The fourth-order valence-electron chi connectivity index (χ4n) is 2.58. The zero-order valence-electron chi connectivity index (χ0n) is 11.8. The number of carbonyl (C=O) groups is 1. The Morgan fingerprint density at radius 1 is 1.26 bits per heavy atom. The van der Waals surface area contributed by atoms with Crippen LogP contribution in [0.25, 0.3) is 0 Å². The van der Waals surface area contributed by atoms with Gasteiger partial charge in [-0.25, -0.2) is 0 Å². The molecular weight excluding hydrogens is 244 g/mol. The van der Waals surface area contributed by atoms with E-state index in [-0.39, 0.29) is 0 Å². The number of ether oxygens (including phenoxy) is 1. The van der Waals surface area contributed by atoms with Gasteiger partial charge >= 0.3 is 0 Å². The molecule has 1 aromatic carbocycles. The predicted octanol–water partition coefficient (Wildman–Crippen LogP) is 1.43. The van der Waals surface area contributed by atoms with E-state index in [1.54, 1.807) is 6.92 Å². The number of hydrogen-bond donors (Lipinski definition) is 2. The molecule has 0 aliphatic carbocycles. The topological polar surface area (TPSA) is 87.6 Å². The van der Waals surface area contributed by atoms with Crippen molar-refractivity contribution >= 4 is 5.91 Å². The maximum Gasteiger partial charge on any atom is 0.261 e. The molecule has 1 aromatic rings. The van der Waals surface area contributed by atoms with Gasteiger partial charge in [-0.3, -0.25) is 4.79 Å². The largest absolute Gasteiger partial charge is 0.477 e. The highest BCUT2D eigenvalue weighted by atomic mass is 16.6. The van der Waals surface area contributed by atoms with E-state index in [0.717, 1.165) is 34.4 Å². The second-order valence-corrected chi connectivity index (χ2v) is 5.33. The Bertz CT molecular complexity index is 554. The summed E-state index contributed by atoms with van der Waals surface area (Å²) < 4.78 is 5.90. The minimum Gasteiger partial charge on any atom is -0.477 e. The molecule has 4 N–H and O–H groups in total. The van der Waals surface area contributed by atoms with E-state index in [1.807, 2.05) is 20.8 Å². The number of hydrogen-bond acceptors (Lipinski definition) is 4. The van der Waals surface area contributed by atoms with Crippen LogP contribution in [0, 0.1) is 20.8 Å². The molecule has 2 rings (SSSR count). The molecule has 0 bridgehead atoms. The highest BCUT2D eigenvalue weighted by Crippen LogP contribution is 2.43. The van der Waals surface area contributed by atoms with Crippen molar-refractivity contribution in [2.24, 2.45) is 11.6 Å². The minimum absolute atomic E-state index is 0.438. The number of primary amides is 1. The molecule has 1 atom stereocenters. The van der Waals surface area contributed by atoms with Gasteiger partial charge in [-0.05, 0) is 39.7 Å². The van der Waals surface area contributed by atoms with Gasteiger partial charge < -0.3 is 15.3 Å². The van der Waals surface area contributed by atoms with Gasteiger partial charge in [0.25, 0.3) is 5.91 Å². The van der Waals surface area contributed by atoms with Gasteiger partial charge in [0.2, 0.25) is 0 Å². The molecular formula is C14H20N2O3. The van der Waals surface area contributed by atoms with Gasteiger partial charge in [0.1, 0.15) is 5.75 Å². The number of fused-ring (bicyclic) bond motifs is 1. The Kier molecular flexibility index (Phi) is 3.18. The predicted molar refractivity (Wildman–Crippen MR) is 72.0 cm³/mol. The van der Waals surface area contributed by atoms with E-state index >= 15 is 0 Å². The summed E-state index contributed by atoms with van der Waals surface area (Å²) in [4.78, 5) is 16.5. The van der Waals surface area contributed by atoms with Crippen LogP contribution in [0.4, 0.5) is 0 Å². The standard InChI is InChI=1S/C14H20N2O3/c1-7-8(2)12-10(9(3)11(7)19-16)5-6-14(4,18-12)13(15)17/h5-6,16H2,1-4H3,(H2,15,17). The van der Waals surface area contributed by atoms with Crippen molar-refractivity contribution in [2.45, 2.75) is 46.1 Å². The van der Waals surface area contributed by atoms with Crippen molar-refractivity contribution in [1.29, 1.82) is 0 Å². The highest BCUT2D eigenvalue weighted by molar-refractivity contribution is 5.84. The molecule has 0 saturated carbocycles. The minimum atomic E-state index is -0.943. The number of carbonyl (C=O) groups excluding carboxylic acids is 1.